The number of nitrogens with one attached hydrogen (secondary N) is 1. The van der Waals surface area contributed by atoms with Gasteiger partial charge in [0.05, 0.1) is 10.9 Å². The normalized spacial score (nSPS) is 12.9. The summed E-state index contributed by atoms with van der Waals surface area (Å²) in [6.45, 7) is 5.35. The number of benzene rings is 4. The highest BCUT2D eigenvalue weighted by Gasteiger charge is 2.43. The van der Waals surface area contributed by atoms with Crippen LogP contribution in [0.4, 0.5) is 8.78 Å². The van der Waals surface area contributed by atoms with Crippen LogP contribution < -0.4 is 4.72 Å². The van der Waals surface area contributed by atoms with Gasteiger partial charge in [-0.15, -0.1) is 0 Å². The minimum absolute atomic E-state index is 0.106. The zero-order valence-corrected chi connectivity index (χ0v) is 21.7. The Bertz CT molecular complexity index is 1420. The quantitative estimate of drug-likeness (QED) is 0.312. The maximum absolute atomic E-state index is 13.9. The molecule has 37 heavy (non-hydrogen) atoms. The molecule has 4 aromatic carbocycles. The summed E-state index contributed by atoms with van der Waals surface area (Å²) < 4.78 is 58.2. The second-order valence-electron chi connectivity index (χ2n) is 9.37. The summed E-state index contributed by atoms with van der Waals surface area (Å²) in [5, 5.41) is 12.4. The van der Waals surface area contributed by atoms with Gasteiger partial charge in [0.15, 0.2) is 0 Å². The molecule has 2 N–H and O–H groups in total. The van der Waals surface area contributed by atoms with Crippen molar-refractivity contribution < 1.29 is 22.3 Å². The van der Waals surface area contributed by atoms with E-state index >= 15 is 0 Å². The fraction of sp³-hybridized carbons (Fsp3) is 0.200. The first kappa shape index (κ1) is 26.7. The van der Waals surface area contributed by atoms with E-state index in [1.165, 1.54) is 48.5 Å². The molecule has 0 fully saturated rings. The number of halogens is 2. The van der Waals surface area contributed by atoms with E-state index in [0.717, 1.165) is 11.1 Å². The average molecular weight is 522 g/mol. The van der Waals surface area contributed by atoms with Crippen LogP contribution in [0.3, 0.4) is 0 Å². The lowest BCUT2D eigenvalue weighted by molar-refractivity contribution is 0.0453. The van der Waals surface area contributed by atoms with E-state index in [-0.39, 0.29) is 22.4 Å². The van der Waals surface area contributed by atoms with Crippen molar-refractivity contribution in [3.63, 3.8) is 0 Å². The van der Waals surface area contributed by atoms with E-state index in [1.54, 1.807) is 26.0 Å². The van der Waals surface area contributed by atoms with Crippen molar-refractivity contribution in [2.75, 3.05) is 0 Å². The third kappa shape index (κ3) is 5.64. The molecule has 192 valence electrons. The molecule has 0 saturated heterocycles. The van der Waals surface area contributed by atoms with Crippen LogP contribution in [0.5, 0.6) is 0 Å². The molecular weight excluding hydrogens is 492 g/mol. The second kappa shape index (κ2) is 10.5. The Morgan fingerprint density at radius 2 is 1.24 bits per heavy atom. The summed E-state index contributed by atoms with van der Waals surface area (Å²) in [4.78, 5) is 0.136. The standard InChI is InChI=1S/C30H29F2NO3S/c1-20-17-21(2)29(22(3)18-20)37(35,36)33-28(19-23-7-5-4-6-8-23)30(34,24-9-13-26(31)14-10-24)25-11-15-27(32)16-12-25/h4-18,28,33-34H,19H2,1-3H3/t28-/m0/s1. The highest BCUT2D eigenvalue weighted by Crippen LogP contribution is 2.36. The zero-order valence-electron chi connectivity index (χ0n) is 20.9. The van der Waals surface area contributed by atoms with E-state index in [9.17, 15) is 22.3 Å². The van der Waals surface area contributed by atoms with Crippen molar-refractivity contribution in [2.24, 2.45) is 0 Å². The number of rotatable bonds is 8. The van der Waals surface area contributed by atoms with Crippen LogP contribution in [0.2, 0.25) is 0 Å². The van der Waals surface area contributed by atoms with Gasteiger partial charge in [0.2, 0.25) is 10.0 Å². The highest BCUT2D eigenvalue weighted by atomic mass is 32.2. The third-order valence-corrected chi connectivity index (χ3v) is 8.30. The van der Waals surface area contributed by atoms with Crippen molar-refractivity contribution in [1.29, 1.82) is 0 Å². The molecule has 0 saturated carbocycles. The molecule has 0 unspecified atom stereocenters. The molecular formula is C30H29F2NO3S. The summed E-state index contributed by atoms with van der Waals surface area (Å²) in [5.41, 5.74) is 1.44. The summed E-state index contributed by atoms with van der Waals surface area (Å²) in [6.07, 6.45) is 0.106. The van der Waals surface area contributed by atoms with Crippen LogP contribution in [0.25, 0.3) is 0 Å². The van der Waals surface area contributed by atoms with Gasteiger partial charge in [0.1, 0.15) is 17.2 Å². The molecule has 4 aromatic rings. The number of aryl methyl sites for hydroxylation is 3. The van der Waals surface area contributed by atoms with E-state index in [0.29, 0.717) is 11.1 Å². The van der Waals surface area contributed by atoms with E-state index < -0.39 is 33.3 Å². The molecule has 1 atom stereocenters. The van der Waals surface area contributed by atoms with Gasteiger partial charge in [-0.25, -0.2) is 21.9 Å². The van der Waals surface area contributed by atoms with Gasteiger partial charge in [0.25, 0.3) is 0 Å². The van der Waals surface area contributed by atoms with Gasteiger partial charge >= 0.3 is 0 Å². The minimum Gasteiger partial charge on any atom is -0.379 e. The SMILES string of the molecule is Cc1cc(C)c(S(=O)(=O)N[C@@H](Cc2ccccc2)C(O)(c2ccc(F)cc2)c2ccc(F)cc2)c(C)c1. The van der Waals surface area contributed by atoms with Crippen LogP contribution in [-0.4, -0.2) is 19.6 Å². The number of hydrogen-bond donors (Lipinski definition) is 2. The maximum Gasteiger partial charge on any atom is 0.241 e. The summed E-state index contributed by atoms with van der Waals surface area (Å²) in [7, 11) is -4.13. The summed E-state index contributed by atoms with van der Waals surface area (Å²) >= 11 is 0. The smallest absolute Gasteiger partial charge is 0.241 e. The van der Waals surface area contributed by atoms with Gasteiger partial charge in [0, 0.05) is 0 Å². The van der Waals surface area contributed by atoms with E-state index in [4.69, 9.17) is 0 Å². The van der Waals surface area contributed by atoms with Gasteiger partial charge in [-0.2, -0.15) is 0 Å². The van der Waals surface area contributed by atoms with Gasteiger partial charge < -0.3 is 5.11 Å². The highest BCUT2D eigenvalue weighted by molar-refractivity contribution is 7.89. The molecule has 4 rings (SSSR count). The maximum atomic E-state index is 13.9. The molecule has 0 aliphatic rings. The Labute approximate surface area is 216 Å². The molecule has 0 aromatic heterocycles. The lowest BCUT2D eigenvalue weighted by Crippen LogP contribution is -2.52. The molecule has 7 heteroatoms. The largest absolute Gasteiger partial charge is 0.379 e. The Balaban J connectivity index is 1.92. The lowest BCUT2D eigenvalue weighted by Gasteiger charge is -2.38. The van der Waals surface area contributed by atoms with Crippen LogP contribution >= 0.6 is 0 Å². The van der Waals surface area contributed by atoms with Crippen LogP contribution in [0, 0.1) is 32.4 Å². The van der Waals surface area contributed by atoms with Gasteiger partial charge in [-0.05, 0) is 79.3 Å². The fourth-order valence-corrected chi connectivity index (χ4v) is 6.65. The van der Waals surface area contributed by atoms with Crippen molar-refractivity contribution >= 4 is 10.0 Å². The fourth-order valence-electron chi connectivity index (χ4n) is 4.94. The molecule has 0 aliphatic heterocycles. The second-order valence-corrected chi connectivity index (χ2v) is 11.0. The number of hydrogen-bond acceptors (Lipinski definition) is 3. The Kier molecular flexibility index (Phi) is 7.59. The average Bonchev–Trinajstić information content (AvgIpc) is 2.83. The first-order chi connectivity index (χ1) is 17.5. The monoisotopic (exact) mass is 521 g/mol. The van der Waals surface area contributed by atoms with Crippen LogP contribution in [0.1, 0.15) is 33.4 Å². The first-order valence-electron chi connectivity index (χ1n) is 11.9. The first-order valence-corrected chi connectivity index (χ1v) is 13.4. The minimum atomic E-state index is -4.13. The van der Waals surface area contributed by atoms with Crippen LogP contribution in [0.15, 0.2) is 95.9 Å². The molecule has 0 spiro atoms. The molecule has 0 amide bonds. The van der Waals surface area contributed by atoms with E-state index in [1.807, 2.05) is 37.3 Å². The molecule has 0 aliphatic carbocycles. The van der Waals surface area contributed by atoms with E-state index in [2.05, 4.69) is 4.72 Å². The zero-order chi connectivity index (χ0) is 26.8. The predicted octanol–water partition coefficient (Wildman–Crippen LogP) is 5.72. The van der Waals surface area contributed by atoms with Crippen molar-refractivity contribution in [3.8, 4) is 0 Å². The van der Waals surface area contributed by atoms with Crippen molar-refractivity contribution in [3.05, 3.63) is 136 Å². The molecule has 0 bridgehead atoms. The topological polar surface area (TPSA) is 66.4 Å². The Morgan fingerprint density at radius 3 is 1.70 bits per heavy atom. The Hall–Kier alpha value is -3.39. The van der Waals surface area contributed by atoms with Crippen LogP contribution in [-0.2, 0) is 22.0 Å². The van der Waals surface area contributed by atoms with Gasteiger partial charge in [-0.3, -0.25) is 0 Å². The van der Waals surface area contributed by atoms with Crippen molar-refractivity contribution in [2.45, 2.75) is 43.7 Å². The lowest BCUT2D eigenvalue weighted by atomic mass is 9.78. The Morgan fingerprint density at radius 1 is 0.784 bits per heavy atom. The van der Waals surface area contributed by atoms with Gasteiger partial charge in [-0.1, -0.05) is 72.3 Å². The number of sulfonamides is 1. The predicted molar refractivity (Wildman–Crippen MR) is 141 cm³/mol. The third-order valence-electron chi connectivity index (χ3n) is 6.53. The summed E-state index contributed by atoms with van der Waals surface area (Å²) in [6, 6.07) is 22.1. The summed E-state index contributed by atoms with van der Waals surface area (Å²) in [5.74, 6) is -1.01. The van der Waals surface area contributed by atoms with Crippen molar-refractivity contribution in [1.82, 2.24) is 4.72 Å². The molecule has 4 nitrogen and oxygen atoms in total. The number of aliphatic hydroxyl groups is 1. The molecule has 0 heterocycles. The molecule has 0 radical (unpaired) electrons.